The Bertz CT molecular complexity index is 423. The second-order valence-corrected chi connectivity index (χ2v) is 5.81. The van der Waals surface area contributed by atoms with E-state index in [9.17, 15) is 19.5 Å². The van der Waals surface area contributed by atoms with Crippen LogP contribution in [0.15, 0.2) is 0 Å². The molecule has 0 aromatic heterocycles. The Kier molecular flexibility index (Phi) is 4.69. The number of carbonyl (C=O) groups is 3. The van der Waals surface area contributed by atoms with E-state index in [0.29, 0.717) is 39.0 Å². The highest BCUT2D eigenvalue weighted by molar-refractivity contribution is 5.85. The molecule has 0 radical (unpaired) electrons. The van der Waals surface area contributed by atoms with Crippen molar-refractivity contribution in [3.63, 3.8) is 0 Å². The topological polar surface area (TPSA) is 87.2 Å². The van der Waals surface area contributed by atoms with E-state index in [-0.39, 0.29) is 18.4 Å². The molecule has 7 nitrogen and oxygen atoms in total. The normalized spacial score (nSPS) is 21.2. The number of amides is 2. The first-order valence-electron chi connectivity index (χ1n) is 7.32. The van der Waals surface area contributed by atoms with E-state index in [4.69, 9.17) is 0 Å². The van der Waals surface area contributed by atoms with Crippen LogP contribution in [0.4, 0.5) is 4.79 Å². The Hall–Kier alpha value is -1.79. The monoisotopic (exact) mass is 298 g/mol. The Morgan fingerprint density at radius 1 is 1.05 bits per heavy atom. The lowest BCUT2D eigenvalue weighted by atomic mass is 9.82. The summed E-state index contributed by atoms with van der Waals surface area (Å²) in [6, 6.07) is 0. The number of rotatable bonds is 3. The predicted molar refractivity (Wildman–Crippen MR) is 73.7 cm³/mol. The summed E-state index contributed by atoms with van der Waals surface area (Å²) in [6.45, 7) is 1.73. The SMILES string of the molecule is COC(=O)N1CCN(C(=O)CC2(C(=O)O)CCCC2)CC1. The highest BCUT2D eigenvalue weighted by atomic mass is 16.5. The molecule has 1 aliphatic heterocycles. The van der Waals surface area contributed by atoms with Crippen LogP contribution in [0.5, 0.6) is 0 Å². The first-order chi connectivity index (χ1) is 9.98. The summed E-state index contributed by atoms with van der Waals surface area (Å²) in [4.78, 5) is 38.4. The van der Waals surface area contributed by atoms with Gasteiger partial charge in [0.25, 0.3) is 0 Å². The van der Waals surface area contributed by atoms with E-state index in [0.717, 1.165) is 12.8 Å². The highest BCUT2D eigenvalue weighted by Gasteiger charge is 2.44. The number of hydrogen-bond donors (Lipinski definition) is 1. The summed E-state index contributed by atoms with van der Waals surface area (Å²) in [5, 5.41) is 9.42. The van der Waals surface area contributed by atoms with E-state index in [2.05, 4.69) is 4.74 Å². The highest BCUT2D eigenvalue weighted by Crippen LogP contribution is 2.41. The fourth-order valence-electron chi connectivity index (χ4n) is 3.19. The molecule has 2 aliphatic rings. The molecule has 2 amide bonds. The number of ether oxygens (including phenoxy) is 1. The van der Waals surface area contributed by atoms with Crippen LogP contribution in [-0.2, 0) is 14.3 Å². The molecular formula is C14H22N2O5. The number of carbonyl (C=O) groups excluding carboxylic acids is 2. The number of hydrogen-bond acceptors (Lipinski definition) is 4. The largest absolute Gasteiger partial charge is 0.481 e. The molecule has 1 N–H and O–H groups in total. The van der Waals surface area contributed by atoms with Gasteiger partial charge >= 0.3 is 12.1 Å². The van der Waals surface area contributed by atoms with Gasteiger partial charge in [-0.1, -0.05) is 12.8 Å². The molecule has 21 heavy (non-hydrogen) atoms. The molecule has 2 rings (SSSR count). The first-order valence-corrected chi connectivity index (χ1v) is 7.32. The van der Waals surface area contributed by atoms with Crippen LogP contribution in [0.2, 0.25) is 0 Å². The Morgan fingerprint density at radius 2 is 1.57 bits per heavy atom. The molecule has 1 heterocycles. The number of nitrogens with zero attached hydrogens (tertiary/aromatic N) is 2. The lowest BCUT2D eigenvalue weighted by Gasteiger charge is -2.35. The molecule has 1 saturated carbocycles. The van der Waals surface area contributed by atoms with Gasteiger partial charge in [-0.05, 0) is 12.8 Å². The van der Waals surface area contributed by atoms with Crippen LogP contribution < -0.4 is 0 Å². The third-order valence-electron chi connectivity index (χ3n) is 4.57. The summed E-state index contributed by atoms with van der Waals surface area (Å²) >= 11 is 0. The van der Waals surface area contributed by atoms with Crippen molar-refractivity contribution in [1.82, 2.24) is 9.80 Å². The zero-order chi connectivity index (χ0) is 15.5. The van der Waals surface area contributed by atoms with Crippen molar-refractivity contribution in [2.45, 2.75) is 32.1 Å². The quantitative estimate of drug-likeness (QED) is 0.837. The summed E-state index contributed by atoms with van der Waals surface area (Å²) in [5.74, 6) is -0.981. The maximum absolute atomic E-state index is 12.3. The van der Waals surface area contributed by atoms with Crippen molar-refractivity contribution in [1.29, 1.82) is 0 Å². The molecule has 0 atom stereocenters. The van der Waals surface area contributed by atoms with Gasteiger partial charge in [0.05, 0.1) is 12.5 Å². The van der Waals surface area contributed by atoms with Crippen LogP contribution in [0.3, 0.4) is 0 Å². The molecule has 2 fully saturated rings. The van der Waals surface area contributed by atoms with Crippen molar-refractivity contribution in [2.75, 3.05) is 33.3 Å². The number of aliphatic carboxylic acids is 1. The zero-order valence-electron chi connectivity index (χ0n) is 12.3. The standard InChI is InChI=1S/C14H22N2O5/c1-21-13(20)16-8-6-15(7-9-16)11(17)10-14(12(18)19)4-2-3-5-14/h2-10H2,1H3,(H,18,19). The van der Waals surface area contributed by atoms with Gasteiger partial charge in [-0.25, -0.2) is 4.79 Å². The molecule has 0 aromatic rings. The third-order valence-corrected chi connectivity index (χ3v) is 4.57. The van der Waals surface area contributed by atoms with Crippen molar-refractivity contribution in [3.8, 4) is 0 Å². The van der Waals surface area contributed by atoms with Crippen molar-refractivity contribution < 1.29 is 24.2 Å². The zero-order valence-corrected chi connectivity index (χ0v) is 12.3. The summed E-state index contributed by atoms with van der Waals surface area (Å²) in [6.07, 6.45) is 2.58. The van der Waals surface area contributed by atoms with E-state index in [1.807, 2.05) is 0 Å². The maximum atomic E-state index is 12.3. The predicted octanol–water partition coefficient (Wildman–Crippen LogP) is 0.932. The number of carboxylic acids is 1. The van der Waals surface area contributed by atoms with Crippen molar-refractivity contribution in [2.24, 2.45) is 5.41 Å². The summed E-state index contributed by atoms with van der Waals surface area (Å²) in [7, 11) is 1.33. The van der Waals surface area contributed by atoms with Crippen LogP contribution in [-0.4, -0.2) is 66.2 Å². The van der Waals surface area contributed by atoms with E-state index >= 15 is 0 Å². The number of piperazine rings is 1. The lowest BCUT2D eigenvalue weighted by Crippen LogP contribution is -2.51. The van der Waals surface area contributed by atoms with Gasteiger partial charge in [0, 0.05) is 32.6 Å². The minimum absolute atomic E-state index is 0.0700. The van der Waals surface area contributed by atoms with Gasteiger partial charge < -0.3 is 19.6 Å². The minimum Gasteiger partial charge on any atom is -0.481 e. The van der Waals surface area contributed by atoms with Crippen molar-refractivity contribution >= 4 is 18.0 Å². The second kappa shape index (κ2) is 6.32. The maximum Gasteiger partial charge on any atom is 0.409 e. The van der Waals surface area contributed by atoms with Crippen LogP contribution in [0.25, 0.3) is 0 Å². The molecule has 1 saturated heterocycles. The number of carboxylic acid groups (broad SMARTS) is 1. The van der Waals surface area contributed by atoms with Crippen molar-refractivity contribution in [3.05, 3.63) is 0 Å². The average molecular weight is 298 g/mol. The fraction of sp³-hybridized carbons (Fsp3) is 0.786. The van der Waals surface area contributed by atoms with Crippen LogP contribution in [0, 0.1) is 5.41 Å². The summed E-state index contributed by atoms with van der Waals surface area (Å²) in [5.41, 5.74) is -0.878. The minimum atomic E-state index is -0.878. The van der Waals surface area contributed by atoms with Gasteiger partial charge in [0.1, 0.15) is 0 Å². The van der Waals surface area contributed by atoms with Gasteiger partial charge in [-0.2, -0.15) is 0 Å². The third kappa shape index (κ3) is 3.28. The Labute approximate surface area is 123 Å². The molecule has 0 unspecified atom stereocenters. The van der Waals surface area contributed by atoms with Gasteiger partial charge in [-0.3, -0.25) is 9.59 Å². The van der Waals surface area contributed by atoms with E-state index < -0.39 is 11.4 Å². The smallest absolute Gasteiger partial charge is 0.409 e. The second-order valence-electron chi connectivity index (χ2n) is 5.81. The molecule has 0 aromatic carbocycles. The van der Waals surface area contributed by atoms with Gasteiger partial charge in [0.15, 0.2) is 0 Å². The molecule has 0 spiro atoms. The van der Waals surface area contributed by atoms with E-state index in [1.54, 1.807) is 9.80 Å². The molecule has 7 heteroatoms. The fourth-order valence-corrected chi connectivity index (χ4v) is 3.19. The van der Waals surface area contributed by atoms with Crippen LogP contribution in [0.1, 0.15) is 32.1 Å². The van der Waals surface area contributed by atoms with Gasteiger partial charge in [0.2, 0.25) is 5.91 Å². The summed E-state index contributed by atoms with van der Waals surface area (Å²) < 4.78 is 4.65. The molecule has 118 valence electrons. The molecule has 1 aliphatic carbocycles. The van der Waals surface area contributed by atoms with Gasteiger partial charge in [-0.15, -0.1) is 0 Å². The van der Waals surface area contributed by atoms with E-state index in [1.165, 1.54) is 7.11 Å². The number of methoxy groups -OCH3 is 1. The first kappa shape index (κ1) is 15.6. The van der Waals surface area contributed by atoms with Crippen LogP contribution >= 0.6 is 0 Å². The molecular weight excluding hydrogens is 276 g/mol. The Balaban J connectivity index is 1.90. The average Bonchev–Trinajstić information content (AvgIpc) is 2.96. The lowest BCUT2D eigenvalue weighted by molar-refractivity contribution is -0.153. The Morgan fingerprint density at radius 3 is 2.05 bits per heavy atom. The molecule has 0 bridgehead atoms.